The van der Waals surface area contributed by atoms with E-state index in [0.29, 0.717) is 6.61 Å². The van der Waals surface area contributed by atoms with Crippen LogP contribution in [0.15, 0.2) is 54.6 Å². The van der Waals surface area contributed by atoms with E-state index in [4.69, 9.17) is 9.47 Å². The van der Waals surface area contributed by atoms with Crippen molar-refractivity contribution in [3.8, 4) is 5.75 Å². The van der Waals surface area contributed by atoms with Crippen molar-refractivity contribution < 1.29 is 14.3 Å². The largest absolute Gasteiger partial charge is 0.493 e. The first-order valence-electron chi connectivity index (χ1n) is 6.70. The summed E-state index contributed by atoms with van der Waals surface area (Å²) < 4.78 is 10.8. The van der Waals surface area contributed by atoms with Crippen molar-refractivity contribution in [3.63, 3.8) is 0 Å². The van der Waals surface area contributed by atoms with Crippen LogP contribution in [0.1, 0.15) is 18.1 Å². The SMILES string of the molecule is CCOc1ccccc1COC(=O)Cc1ccccc1. The lowest BCUT2D eigenvalue weighted by molar-refractivity contribution is -0.144. The molecule has 104 valence electrons. The minimum absolute atomic E-state index is 0.234. The Balaban J connectivity index is 1.90. The molecular weight excluding hydrogens is 252 g/mol. The highest BCUT2D eigenvalue weighted by Crippen LogP contribution is 2.19. The van der Waals surface area contributed by atoms with Gasteiger partial charge < -0.3 is 9.47 Å². The van der Waals surface area contributed by atoms with Gasteiger partial charge in [0.15, 0.2) is 0 Å². The minimum Gasteiger partial charge on any atom is -0.493 e. The molecule has 3 heteroatoms. The monoisotopic (exact) mass is 270 g/mol. The Morgan fingerprint density at radius 3 is 2.45 bits per heavy atom. The average molecular weight is 270 g/mol. The third kappa shape index (κ3) is 4.12. The minimum atomic E-state index is -0.234. The predicted molar refractivity (Wildman–Crippen MR) is 77.6 cm³/mol. The lowest BCUT2D eigenvalue weighted by Gasteiger charge is -2.10. The van der Waals surface area contributed by atoms with Gasteiger partial charge in [-0.3, -0.25) is 4.79 Å². The third-order valence-corrected chi connectivity index (χ3v) is 2.85. The Morgan fingerprint density at radius 1 is 1.00 bits per heavy atom. The van der Waals surface area contributed by atoms with E-state index in [1.54, 1.807) is 0 Å². The molecule has 0 bridgehead atoms. The molecule has 0 saturated carbocycles. The summed E-state index contributed by atoms with van der Waals surface area (Å²) in [6, 6.07) is 17.2. The molecule has 2 rings (SSSR count). The number of carbonyl (C=O) groups is 1. The zero-order valence-corrected chi connectivity index (χ0v) is 11.5. The van der Waals surface area contributed by atoms with Gasteiger partial charge in [0.2, 0.25) is 0 Å². The Labute approximate surface area is 119 Å². The molecule has 3 nitrogen and oxygen atoms in total. The van der Waals surface area contributed by atoms with Crippen LogP contribution in [-0.4, -0.2) is 12.6 Å². The van der Waals surface area contributed by atoms with Crippen LogP contribution < -0.4 is 4.74 Å². The van der Waals surface area contributed by atoms with Crippen LogP contribution in [0.2, 0.25) is 0 Å². The molecule has 0 aliphatic heterocycles. The van der Waals surface area contributed by atoms with Crippen molar-refractivity contribution in [1.29, 1.82) is 0 Å². The fourth-order valence-electron chi connectivity index (χ4n) is 1.89. The van der Waals surface area contributed by atoms with E-state index in [2.05, 4.69) is 0 Å². The van der Waals surface area contributed by atoms with E-state index < -0.39 is 0 Å². The highest BCUT2D eigenvalue weighted by atomic mass is 16.5. The molecule has 0 aromatic heterocycles. The summed E-state index contributed by atoms with van der Waals surface area (Å²) in [5.41, 5.74) is 1.84. The van der Waals surface area contributed by atoms with Crippen molar-refractivity contribution in [1.82, 2.24) is 0 Å². The molecule has 0 radical (unpaired) electrons. The molecular formula is C17H18O3. The smallest absolute Gasteiger partial charge is 0.310 e. The molecule has 0 atom stereocenters. The number of benzene rings is 2. The summed E-state index contributed by atoms with van der Waals surface area (Å²) >= 11 is 0. The standard InChI is InChI=1S/C17H18O3/c1-2-19-16-11-7-6-10-15(16)13-20-17(18)12-14-8-4-3-5-9-14/h3-11H,2,12-13H2,1H3. The number of hydrogen-bond acceptors (Lipinski definition) is 3. The number of para-hydroxylation sites is 1. The summed E-state index contributed by atoms with van der Waals surface area (Å²) in [6.07, 6.45) is 0.289. The van der Waals surface area contributed by atoms with Crippen molar-refractivity contribution >= 4 is 5.97 Å². The van der Waals surface area contributed by atoms with Gasteiger partial charge in [0.25, 0.3) is 0 Å². The van der Waals surface area contributed by atoms with Gasteiger partial charge in [-0.1, -0.05) is 48.5 Å². The molecule has 0 unspecified atom stereocenters. The van der Waals surface area contributed by atoms with E-state index in [1.165, 1.54) is 0 Å². The summed E-state index contributed by atoms with van der Waals surface area (Å²) in [5, 5.41) is 0. The Hall–Kier alpha value is -2.29. The van der Waals surface area contributed by atoms with E-state index in [1.807, 2.05) is 61.5 Å². The van der Waals surface area contributed by atoms with Crippen LogP contribution in [-0.2, 0) is 22.6 Å². The van der Waals surface area contributed by atoms with Crippen LogP contribution in [0.25, 0.3) is 0 Å². The van der Waals surface area contributed by atoms with Crippen molar-refractivity contribution in [2.75, 3.05) is 6.61 Å². The second-order valence-electron chi connectivity index (χ2n) is 4.36. The first-order chi connectivity index (χ1) is 9.79. The van der Waals surface area contributed by atoms with Gasteiger partial charge in [0.1, 0.15) is 12.4 Å². The van der Waals surface area contributed by atoms with Gasteiger partial charge in [0.05, 0.1) is 13.0 Å². The molecule has 2 aromatic rings. The number of ether oxygens (including phenoxy) is 2. The quantitative estimate of drug-likeness (QED) is 0.755. The van der Waals surface area contributed by atoms with E-state index >= 15 is 0 Å². The third-order valence-electron chi connectivity index (χ3n) is 2.85. The zero-order chi connectivity index (χ0) is 14.2. The highest BCUT2D eigenvalue weighted by molar-refractivity contribution is 5.72. The van der Waals surface area contributed by atoms with E-state index in [0.717, 1.165) is 16.9 Å². The van der Waals surface area contributed by atoms with Crippen LogP contribution >= 0.6 is 0 Å². The normalized spacial score (nSPS) is 10.1. The maximum absolute atomic E-state index is 11.8. The van der Waals surface area contributed by atoms with Crippen molar-refractivity contribution in [3.05, 3.63) is 65.7 Å². The van der Waals surface area contributed by atoms with E-state index in [-0.39, 0.29) is 19.0 Å². The van der Waals surface area contributed by atoms with Gasteiger partial charge >= 0.3 is 5.97 Å². The summed E-state index contributed by atoms with van der Waals surface area (Å²) in [6.45, 7) is 2.76. The number of carbonyl (C=O) groups excluding carboxylic acids is 1. The molecule has 20 heavy (non-hydrogen) atoms. The second kappa shape index (κ2) is 7.34. The topological polar surface area (TPSA) is 35.5 Å². The molecule has 0 aliphatic rings. The Bertz CT molecular complexity index is 549. The van der Waals surface area contributed by atoms with Crippen molar-refractivity contribution in [2.24, 2.45) is 0 Å². The summed E-state index contributed by atoms with van der Waals surface area (Å²) in [7, 11) is 0. The molecule has 2 aromatic carbocycles. The van der Waals surface area contributed by atoms with Gasteiger partial charge in [-0.2, -0.15) is 0 Å². The van der Waals surface area contributed by atoms with Crippen LogP contribution in [0, 0.1) is 0 Å². The molecule has 0 N–H and O–H groups in total. The van der Waals surface area contributed by atoms with Gasteiger partial charge in [-0.25, -0.2) is 0 Å². The summed E-state index contributed by atoms with van der Waals surface area (Å²) in [5.74, 6) is 0.532. The fraction of sp³-hybridized carbons (Fsp3) is 0.235. The lowest BCUT2D eigenvalue weighted by Crippen LogP contribution is -2.08. The van der Waals surface area contributed by atoms with Gasteiger partial charge in [-0.05, 0) is 18.6 Å². The van der Waals surface area contributed by atoms with Crippen molar-refractivity contribution in [2.45, 2.75) is 20.0 Å². The molecule has 0 saturated heterocycles. The fourth-order valence-corrected chi connectivity index (χ4v) is 1.89. The van der Waals surface area contributed by atoms with Crippen LogP contribution in [0.3, 0.4) is 0 Å². The highest BCUT2D eigenvalue weighted by Gasteiger charge is 2.07. The summed E-state index contributed by atoms with van der Waals surface area (Å²) in [4.78, 5) is 11.8. The van der Waals surface area contributed by atoms with Gasteiger partial charge in [-0.15, -0.1) is 0 Å². The Kier molecular flexibility index (Phi) is 5.18. The molecule has 0 amide bonds. The first kappa shape index (κ1) is 14.1. The predicted octanol–water partition coefficient (Wildman–Crippen LogP) is 3.37. The first-order valence-corrected chi connectivity index (χ1v) is 6.70. The number of rotatable bonds is 6. The maximum atomic E-state index is 11.8. The molecule has 0 fully saturated rings. The van der Waals surface area contributed by atoms with Gasteiger partial charge in [0, 0.05) is 5.56 Å². The number of esters is 1. The average Bonchev–Trinajstić information content (AvgIpc) is 2.48. The van der Waals surface area contributed by atoms with E-state index in [9.17, 15) is 4.79 Å². The van der Waals surface area contributed by atoms with Crippen LogP contribution in [0.5, 0.6) is 5.75 Å². The van der Waals surface area contributed by atoms with Crippen LogP contribution in [0.4, 0.5) is 0 Å². The molecule has 0 aliphatic carbocycles. The number of hydrogen-bond donors (Lipinski definition) is 0. The molecule has 0 heterocycles. The molecule has 0 spiro atoms. The lowest BCUT2D eigenvalue weighted by atomic mass is 10.1. The second-order valence-corrected chi connectivity index (χ2v) is 4.36. The Morgan fingerprint density at radius 2 is 1.70 bits per heavy atom. The zero-order valence-electron chi connectivity index (χ0n) is 11.5. The maximum Gasteiger partial charge on any atom is 0.310 e.